The highest BCUT2D eigenvalue weighted by Crippen LogP contribution is 2.14. The van der Waals surface area contributed by atoms with Crippen molar-refractivity contribution < 1.29 is 19.2 Å². The van der Waals surface area contributed by atoms with Gasteiger partial charge in [-0.05, 0) is 18.9 Å². The van der Waals surface area contributed by atoms with Gasteiger partial charge in [-0.2, -0.15) is 0 Å². The molecule has 1 N–H and O–H groups in total. The molecule has 1 aromatic carbocycles. The van der Waals surface area contributed by atoms with Gasteiger partial charge in [-0.25, -0.2) is 9.69 Å². The third-order valence-corrected chi connectivity index (χ3v) is 3.85. The Kier molecular flexibility index (Phi) is 5.68. The molecule has 0 bridgehead atoms. The molecule has 2 rings (SSSR count). The Hall–Kier alpha value is -2.70. The lowest BCUT2D eigenvalue weighted by atomic mass is 10.1. The summed E-state index contributed by atoms with van der Waals surface area (Å²) in [6.07, 6.45) is 1.41. The van der Waals surface area contributed by atoms with Crippen molar-refractivity contribution in [1.29, 1.82) is 0 Å². The standard InChI is InChI=1S/C17H21N3O4/c1-3-4-10-19-15(22)16(23)20(17(19)24)11-14(21)18-12(2)13-8-6-5-7-9-13/h5-9,12H,3-4,10-11H2,1-2H3,(H,18,21)/t12-/m0/s1. The summed E-state index contributed by atoms with van der Waals surface area (Å²) in [5.74, 6) is -2.30. The largest absolute Gasteiger partial charge is 0.348 e. The molecule has 1 aliphatic rings. The number of rotatable bonds is 7. The maximum absolute atomic E-state index is 12.2. The Morgan fingerprint density at radius 2 is 1.71 bits per heavy atom. The number of nitrogens with zero attached hydrogens (tertiary/aromatic N) is 2. The summed E-state index contributed by atoms with van der Waals surface area (Å²) in [6, 6.07) is 8.33. The first kappa shape index (κ1) is 17.7. The zero-order valence-electron chi connectivity index (χ0n) is 13.8. The highest BCUT2D eigenvalue weighted by Gasteiger charge is 2.44. The van der Waals surface area contributed by atoms with Crippen LogP contribution in [-0.4, -0.2) is 46.6 Å². The summed E-state index contributed by atoms with van der Waals surface area (Å²) in [4.78, 5) is 49.6. The number of benzene rings is 1. The van der Waals surface area contributed by atoms with E-state index in [1.54, 1.807) is 6.92 Å². The molecule has 0 radical (unpaired) electrons. The molecule has 7 heteroatoms. The fourth-order valence-corrected chi connectivity index (χ4v) is 2.46. The van der Waals surface area contributed by atoms with E-state index in [1.165, 1.54) is 0 Å². The van der Waals surface area contributed by atoms with Crippen molar-refractivity contribution in [3.63, 3.8) is 0 Å². The van der Waals surface area contributed by atoms with Crippen molar-refractivity contribution in [2.45, 2.75) is 32.7 Å². The molecule has 1 atom stereocenters. The number of nitrogens with one attached hydrogen (secondary N) is 1. The molecular formula is C17H21N3O4. The average molecular weight is 331 g/mol. The van der Waals surface area contributed by atoms with Crippen LogP contribution >= 0.6 is 0 Å². The molecule has 1 fully saturated rings. The minimum absolute atomic E-state index is 0.193. The fraction of sp³-hybridized carbons (Fsp3) is 0.412. The molecule has 1 heterocycles. The zero-order chi connectivity index (χ0) is 17.7. The van der Waals surface area contributed by atoms with E-state index in [9.17, 15) is 19.2 Å². The van der Waals surface area contributed by atoms with Crippen LogP contribution in [0, 0.1) is 0 Å². The highest BCUT2D eigenvalue weighted by molar-refractivity contribution is 6.45. The number of hydrogen-bond acceptors (Lipinski definition) is 4. The van der Waals surface area contributed by atoms with Gasteiger partial charge in [0.15, 0.2) is 0 Å². The van der Waals surface area contributed by atoms with Crippen LogP contribution < -0.4 is 5.32 Å². The van der Waals surface area contributed by atoms with E-state index in [4.69, 9.17) is 0 Å². The van der Waals surface area contributed by atoms with Crippen LogP contribution in [0.4, 0.5) is 4.79 Å². The van der Waals surface area contributed by atoms with E-state index in [-0.39, 0.29) is 12.6 Å². The molecule has 1 aromatic rings. The summed E-state index contributed by atoms with van der Waals surface area (Å²) in [5.41, 5.74) is 0.908. The van der Waals surface area contributed by atoms with E-state index in [0.717, 1.165) is 16.9 Å². The summed E-state index contributed by atoms with van der Waals surface area (Å²) in [7, 11) is 0. The summed E-state index contributed by atoms with van der Waals surface area (Å²) >= 11 is 0. The molecule has 0 spiro atoms. The maximum Gasteiger partial charge on any atom is 0.334 e. The van der Waals surface area contributed by atoms with E-state index in [0.29, 0.717) is 11.3 Å². The lowest BCUT2D eigenvalue weighted by Crippen LogP contribution is -2.42. The normalized spacial score (nSPS) is 15.8. The number of amides is 5. The van der Waals surface area contributed by atoms with Crippen molar-refractivity contribution in [3.8, 4) is 0 Å². The second-order valence-electron chi connectivity index (χ2n) is 5.68. The number of hydrogen-bond donors (Lipinski definition) is 1. The first-order chi connectivity index (χ1) is 11.5. The van der Waals surface area contributed by atoms with Crippen molar-refractivity contribution >= 4 is 23.8 Å². The average Bonchev–Trinajstić information content (AvgIpc) is 2.77. The molecule has 0 aromatic heterocycles. The summed E-state index contributed by atoms with van der Waals surface area (Å²) in [5, 5.41) is 2.72. The Balaban J connectivity index is 1.97. The smallest absolute Gasteiger partial charge is 0.334 e. The third-order valence-electron chi connectivity index (χ3n) is 3.85. The SMILES string of the molecule is CCCCN1C(=O)C(=O)N(CC(=O)N[C@@H](C)c2ccccc2)C1=O. The molecule has 0 unspecified atom stereocenters. The van der Waals surface area contributed by atoms with Gasteiger partial charge in [-0.3, -0.25) is 19.3 Å². The van der Waals surface area contributed by atoms with Gasteiger partial charge in [0.25, 0.3) is 0 Å². The predicted octanol–water partition coefficient (Wildman–Crippen LogP) is 1.45. The Morgan fingerprint density at radius 1 is 1.08 bits per heavy atom. The van der Waals surface area contributed by atoms with Gasteiger partial charge in [0.2, 0.25) is 5.91 Å². The number of unbranched alkanes of at least 4 members (excludes halogenated alkanes) is 1. The monoisotopic (exact) mass is 331 g/mol. The second kappa shape index (κ2) is 7.72. The van der Waals surface area contributed by atoms with Gasteiger partial charge >= 0.3 is 17.8 Å². The lowest BCUT2D eigenvalue weighted by Gasteiger charge is -2.18. The Labute approximate surface area is 140 Å². The van der Waals surface area contributed by atoms with Gasteiger partial charge < -0.3 is 5.32 Å². The molecule has 128 valence electrons. The van der Waals surface area contributed by atoms with Crippen LogP contribution in [0.1, 0.15) is 38.3 Å². The number of imide groups is 2. The maximum atomic E-state index is 12.2. The van der Waals surface area contributed by atoms with Crippen LogP contribution in [0.3, 0.4) is 0 Å². The molecular weight excluding hydrogens is 310 g/mol. The van der Waals surface area contributed by atoms with Gasteiger partial charge in [-0.15, -0.1) is 0 Å². The van der Waals surface area contributed by atoms with Gasteiger partial charge in [0, 0.05) is 6.54 Å². The first-order valence-electron chi connectivity index (χ1n) is 7.97. The summed E-state index contributed by atoms with van der Waals surface area (Å²) in [6.45, 7) is 3.46. The molecule has 0 aliphatic carbocycles. The Bertz CT molecular complexity index is 644. The highest BCUT2D eigenvalue weighted by atomic mass is 16.2. The van der Waals surface area contributed by atoms with Crippen LogP contribution in [0.25, 0.3) is 0 Å². The van der Waals surface area contributed by atoms with E-state index in [1.807, 2.05) is 37.3 Å². The van der Waals surface area contributed by atoms with Crippen LogP contribution in [0.2, 0.25) is 0 Å². The molecule has 7 nitrogen and oxygen atoms in total. The topological polar surface area (TPSA) is 86.8 Å². The Morgan fingerprint density at radius 3 is 2.33 bits per heavy atom. The van der Waals surface area contributed by atoms with Crippen LogP contribution in [0.5, 0.6) is 0 Å². The number of urea groups is 1. The van der Waals surface area contributed by atoms with Crippen LogP contribution in [-0.2, 0) is 14.4 Å². The first-order valence-corrected chi connectivity index (χ1v) is 7.97. The van der Waals surface area contributed by atoms with Crippen molar-refractivity contribution in [1.82, 2.24) is 15.1 Å². The molecule has 24 heavy (non-hydrogen) atoms. The third kappa shape index (κ3) is 3.79. The fourth-order valence-electron chi connectivity index (χ4n) is 2.46. The molecule has 5 amide bonds. The van der Waals surface area contributed by atoms with Crippen molar-refractivity contribution in [2.24, 2.45) is 0 Å². The predicted molar refractivity (Wildman–Crippen MR) is 86.7 cm³/mol. The van der Waals surface area contributed by atoms with Crippen LogP contribution in [0.15, 0.2) is 30.3 Å². The zero-order valence-corrected chi connectivity index (χ0v) is 13.8. The van der Waals surface area contributed by atoms with Gasteiger partial charge in [0.1, 0.15) is 6.54 Å². The molecule has 1 saturated heterocycles. The van der Waals surface area contributed by atoms with E-state index < -0.39 is 30.3 Å². The number of carbonyl (C=O) groups is 4. The van der Waals surface area contributed by atoms with E-state index >= 15 is 0 Å². The molecule has 0 saturated carbocycles. The number of carbonyl (C=O) groups excluding carboxylic acids is 4. The van der Waals surface area contributed by atoms with Crippen molar-refractivity contribution in [3.05, 3.63) is 35.9 Å². The molecule has 1 aliphatic heterocycles. The van der Waals surface area contributed by atoms with Gasteiger partial charge in [-0.1, -0.05) is 43.7 Å². The summed E-state index contributed by atoms with van der Waals surface area (Å²) < 4.78 is 0. The van der Waals surface area contributed by atoms with Gasteiger partial charge in [0.05, 0.1) is 6.04 Å². The lowest BCUT2D eigenvalue weighted by molar-refractivity contribution is -0.144. The minimum atomic E-state index is -0.946. The van der Waals surface area contributed by atoms with E-state index in [2.05, 4.69) is 5.32 Å². The quantitative estimate of drug-likeness (QED) is 0.605. The second-order valence-corrected chi connectivity index (χ2v) is 5.68. The van der Waals surface area contributed by atoms with Crippen molar-refractivity contribution in [2.75, 3.05) is 13.1 Å². The minimum Gasteiger partial charge on any atom is -0.348 e.